The summed E-state index contributed by atoms with van der Waals surface area (Å²) in [5.41, 5.74) is 2.28. The highest BCUT2D eigenvalue weighted by molar-refractivity contribution is 7.98. The summed E-state index contributed by atoms with van der Waals surface area (Å²) >= 11 is 1.66. The lowest BCUT2D eigenvalue weighted by Gasteiger charge is -2.34. The number of fused-ring (bicyclic) bond motifs is 1. The molecule has 7 nitrogen and oxygen atoms in total. The Bertz CT molecular complexity index is 1140. The second-order valence-corrected chi connectivity index (χ2v) is 8.52. The molecule has 0 atom stereocenters. The molecule has 0 spiro atoms. The molecule has 3 aromatic rings. The number of benzene rings is 3. The van der Waals surface area contributed by atoms with Crippen molar-refractivity contribution >= 4 is 35.0 Å². The van der Waals surface area contributed by atoms with E-state index in [4.69, 9.17) is 14.6 Å². The largest absolute Gasteiger partial charge is 0.486 e. The number of carbonyl (C=O) groups excluding carboxylic acids is 1. The van der Waals surface area contributed by atoms with Crippen LogP contribution in [0, 0.1) is 0 Å². The average molecular weight is 479 g/mol. The molecule has 1 amide bonds. The second kappa shape index (κ2) is 11.0. The lowest BCUT2D eigenvalue weighted by atomic mass is 10.1. The number of hydrogen-bond acceptors (Lipinski definition) is 6. The highest BCUT2D eigenvalue weighted by atomic mass is 32.2. The van der Waals surface area contributed by atoms with Crippen LogP contribution in [-0.4, -0.2) is 56.1 Å². The molecule has 3 aromatic carbocycles. The molecule has 1 aliphatic heterocycles. The van der Waals surface area contributed by atoms with Crippen LogP contribution >= 0.6 is 11.8 Å². The van der Waals surface area contributed by atoms with Gasteiger partial charge in [0.1, 0.15) is 6.61 Å². The number of hydrogen-bond donors (Lipinski definition) is 1. The first-order chi connectivity index (χ1) is 16.6. The van der Waals surface area contributed by atoms with Gasteiger partial charge in [-0.05, 0) is 54.8 Å². The zero-order valence-electron chi connectivity index (χ0n) is 18.8. The van der Waals surface area contributed by atoms with Crippen molar-refractivity contribution in [3.63, 3.8) is 0 Å². The molecule has 4 rings (SSSR count). The number of ether oxygens (including phenoxy) is 2. The molecule has 0 saturated heterocycles. The van der Waals surface area contributed by atoms with E-state index in [1.807, 2.05) is 73.0 Å². The smallest absolute Gasteiger partial charge is 0.341 e. The summed E-state index contributed by atoms with van der Waals surface area (Å²) in [6.07, 6.45) is 2.02. The van der Waals surface area contributed by atoms with E-state index in [2.05, 4.69) is 4.90 Å². The Kier molecular flexibility index (Phi) is 7.59. The minimum atomic E-state index is -1.05. The van der Waals surface area contributed by atoms with Crippen molar-refractivity contribution in [1.29, 1.82) is 0 Å². The summed E-state index contributed by atoms with van der Waals surface area (Å²) in [7, 11) is 0. The minimum Gasteiger partial charge on any atom is -0.486 e. The number of amides is 1. The van der Waals surface area contributed by atoms with E-state index in [1.54, 1.807) is 22.7 Å². The first kappa shape index (κ1) is 23.5. The fraction of sp³-hybridized carbons (Fsp3) is 0.231. The molecule has 0 unspecified atom stereocenters. The van der Waals surface area contributed by atoms with Gasteiger partial charge in [0, 0.05) is 29.2 Å². The Morgan fingerprint density at radius 1 is 1.06 bits per heavy atom. The highest BCUT2D eigenvalue weighted by Crippen LogP contribution is 2.40. The van der Waals surface area contributed by atoms with Gasteiger partial charge in [0.15, 0.2) is 18.1 Å². The number of carbonyl (C=O) groups is 2. The normalized spacial score (nSPS) is 12.4. The van der Waals surface area contributed by atoms with Crippen LogP contribution < -0.4 is 19.3 Å². The van der Waals surface area contributed by atoms with Crippen molar-refractivity contribution in [2.45, 2.75) is 4.90 Å². The summed E-state index contributed by atoms with van der Waals surface area (Å²) in [4.78, 5) is 29.4. The quantitative estimate of drug-likeness (QED) is 0.456. The Morgan fingerprint density at radius 3 is 2.53 bits per heavy atom. The van der Waals surface area contributed by atoms with Crippen LogP contribution in [0.25, 0.3) is 0 Å². The molecule has 0 fully saturated rings. The van der Waals surface area contributed by atoms with E-state index in [-0.39, 0.29) is 5.91 Å². The van der Waals surface area contributed by atoms with Gasteiger partial charge in [-0.25, -0.2) is 4.79 Å². The van der Waals surface area contributed by atoms with Gasteiger partial charge in [0.2, 0.25) is 0 Å². The van der Waals surface area contributed by atoms with Gasteiger partial charge in [-0.2, -0.15) is 0 Å². The van der Waals surface area contributed by atoms with Gasteiger partial charge >= 0.3 is 5.97 Å². The molecular weight excluding hydrogens is 452 g/mol. The van der Waals surface area contributed by atoms with Crippen molar-refractivity contribution in [2.24, 2.45) is 0 Å². The fourth-order valence-electron chi connectivity index (χ4n) is 3.83. The third-order valence-corrected chi connectivity index (χ3v) is 6.24. The van der Waals surface area contributed by atoms with E-state index >= 15 is 0 Å². The number of carboxylic acids is 1. The summed E-state index contributed by atoms with van der Waals surface area (Å²) in [5, 5.41) is 8.95. The van der Waals surface area contributed by atoms with Crippen LogP contribution in [0.1, 0.15) is 10.4 Å². The van der Waals surface area contributed by atoms with Crippen molar-refractivity contribution in [2.75, 3.05) is 48.9 Å². The molecule has 176 valence electrons. The Balaban J connectivity index is 1.57. The number of para-hydroxylation sites is 1. The predicted octanol–water partition coefficient (Wildman–Crippen LogP) is 4.42. The predicted molar refractivity (Wildman–Crippen MR) is 134 cm³/mol. The van der Waals surface area contributed by atoms with Gasteiger partial charge in [-0.1, -0.05) is 24.3 Å². The summed E-state index contributed by atoms with van der Waals surface area (Å²) in [5.74, 6) is -0.188. The SMILES string of the molecule is CSc1ccc(N(CCN2CCOc3c(OCC(=O)O)cccc32)C(=O)c2ccccc2)cc1. The van der Waals surface area contributed by atoms with E-state index < -0.39 is 12.6 Å². The van der Waals surface area contributed by atoms with Crippen molar-refractivity contribution in [3.05, 3.63) is 78.4 Å². The van der Waals surface area contributed by atoms with E-state index in [1.165, 1.54) is 0 Å². The third-order valence-electron chi connectivity index (χ3n) is 5.50. The Labute approximate surface area is 202 Å². The van der Waals surface area contributed by atoms with Crippen LogP contribution in [0.3, 0.4) is 0 Å². The topological polar surface area (TPSA) is 79.3 Å². The summed E-state index contributed by atoms with van der Waals surface area (Å²) < 4.78 is 11.2. The maximum absolute atomic E-state index is 13.4. The van der Waals surface area contributed by atoms with Crippen molar-refractivity contribution < 1.29 is 24.2 Å². The van der Waals surface area contributed by atoms with Crippen molar-refractivity contribution in [3.8, 4) is 11.5 Å². The highest BCUT2D eigenvalue weighted by Gasteiger charge is 2.24. The van der Waals surface area contributed by atoms with Gasteiger partial charge in [0.25, 0.3) is 5.91 Å². The number of carboxylic acid groups (broad SMARTS) is 1. The Hall–Kier alpha value is -3.65. The standard InChI is InChI=1S/C26H26N2O5S/c1-34-21-12-10-20(11-13-21)28(26(31)19-6-3-2-4-7-19)15-14-27-16-17-32-25-22(27)8-5-9-23(25)33-18-24(29)30/h2-13H,14-18H2,1H3,(H,29,30). The first-order valence-electron chi connectivity index (χ1n) is 10.9. The molecule has 0 saturated carbocycles. The van der Waals surface area contributed by atoms with Gasteiger partial charge in [0.05, 0.1) is 12.2 Å². The number of thioether (sulfide) groups is 1. The van der Waals surface area contributed by atoms with Crippen LogP contribution in [0.5, 0.6) is 11.5 Å². The van der Waals surface area contributed by atoms with E-state index in [0.29, 0.717) is 43.3 Å². The summed E-state index contributed by atoms with van der Waals surface area (Å²) in [6.45, 7) is 1.68. The molecule has 0 aromatic heterocycles. The van der Waals surface area contributed by atoms with Crippen LogP contribution in [0.4, 0.5) is 11.4 Å². The van der Waals surface area contributed by atoms with Crippen LogP contribution in [0.15, 0.2) is 77.7 Å². The molecule has 1 aliphatic rings. The molecule has 34 heavy (non-hydrogen) atoms. The van der Waals surface area contributed by atoms with Gasteiger partial charge < -0.3 is 24.4 Å². The molecule has 0 bridgehead atoms. The van der Waals surface area contributed by atoms with Crippen LogP contribution in [-0.2, 0) is 4.79 Å². The lowest BCUT2D eigenvalue weighted by Crippen LogP contribution is -2.41. The Morgan fingerprint density at radius 2 is 1.82 bits per heavy atom. The maximum atomic E-state index is 13.4. The number of rotatable bonds is 9. The molecule has 1 N–H and O–H groups in total. The van der Waals surface area contributed by atoms with E-state index in [9.17, 15) is 9.59 Å². The number of aliphatic carboxylic acids is 1. The molecule has 8 heteroatoms. The average Bonchev–Trinajstić information content (AvgIpc) is 2.88. The minimum absolute atomic E-state index is 0.0653. The number of nitrogens with zero attached hydrogens (tertiary/aromatic N) is 2. The summed E-state index contributed by atoms with van der Waals surface area (Å²) in [6, 6.07) is 22.7. The third kappa shape index (κ3) is 5.46. The van der Waals surface area contributed by atoms with Crippen LogP contribution in [0.2, 0.25) is 0 Å². The molecule has 1 heterocycles. The van der Waals surface area contributed by atoms with E-state index in [0.717, 1.165) is 16.3 Å². The zero-order chi connectivity index (χ0) is 23.9. The lowest BCUT2D eigenvalue weighted by molar-refractivity contribution is -0.139. The number of anilines is 2. The van der Waals surface area contributed by atoms with Gasteiger partial charge in [-0.15, -0.1) is 11.8 Å². The molecule has 0 radical (unpaired) electrons. The van der Waals surface area contributed by atoms with Crippen molar-refractivity contribution in [1.82, 2.24) is 0 Å². The molecule has 0 aliphatic carbocycles. The first-order valence-corrected chi connectivity index (χ1v) is 12.2. The maximum Gasteiger partial charge on any atom is 0.341 e. The zero-order valence-corrected chi connectivity index (χ0v) is 19.7. The molecular formula is C26H26N2O5S. The fourth-order valence-corrected chi connectivity index (χ4v) is 4.24. The monoisotopic (exact) mass is 478 g/mol. The van der Waals surface area contributed by atoms with Gasteiger partial charge in [-0.3, -0.25) is 4.79 Å². The second-order valence-electron chi connectivity index (χ2n) is 7.64.